The molecule has 0 radical (unpaired) electrons. The zero-order valence-corrected chi connectivity index (χ0v) is 8.50. The molecule has 0 bridgehead atoms. The Hall–Kier alpha value is -1.53. The van der Waals surface area contributed by atoms with Gasteiger partial charge < -0.3 is 10.5 Å². The lowest BCUT2D eigenvalue weighted by Crippen LogP contribution is -2.05. The first-order valence-corrected chi connectivity index (χ1v) is 4.47. The van der Waals surface area contributed by atoms with E-state index in [-0.39, 0.29) is 0 Å². The van der Waals surface area contributed by atoms with Gasteiger partial charge in [-0.25, -0.2) is 0 Å². The summed E-state index contributed by atoms with van der Waals surface area (Å²) in [6.45, 7) is 4.47. The minimum absolute atomic E-state index is 0.383. The van der Waals surface area contributed by atoms with E-state index in [1.54, 1.807) is 6.92 Å². The van der Waals surface area contributed by atoms with Crippen molar-refractivity contribution in [2.75, 3.05) is 6.61 Å². The summed E-state index contributed by atoms with van der Waals surface area (Å²) >= 11 is 0. The van der Waals surface area contributed by atoms with Crippen LogP contribution >= 0.6 is 0 Å². The molecule has 0 unspecified atom stereocenters. The number of nitrogens with two attached hydrogens (primary N) is 1. The van der Waals surface area contributed by atoms with E-state index in [0.29, 0.717) is 13.2 Å². The molecule has 1 aromatic heterocycles. The second-order valence-electron chi connectivity index (χ2n) is 2.82. The van der Waals surface area contributed by atoms with E-state index in [2.05, 4.69) is 16.8 Å². The van der Waals surface area contributed by atoms with Gasteiger partial charge >= 0.3 is 0 Å². The molecule has 3 nitrogen and oxygen atoms in total. The Kier molecular flexibility index (Phi) is 3.96. The second-order valence-corrected chi connectivity index (χ2v) is 2.82. The minimum Gasteiger partial charge on any atom is -0.479 e. The molecule has 0 amide bonds. The van der Waals surface area contributed by atoms with Gasteiger partial charge in [-0.15, -0.1) is 5.92 Å². The third-order valence-corrected chi connectivity index (χ3v) is 1.74. The molecule has 0 aromatic carbocycles. The maximum atomic E-state index is 5.55. The fourth-order valence-electron chi connectivity index (χ4n) is 1.06. The van der Waals surface area contributed by atoms with Crippen molar-refractivity contribution in [1.82, 2.24) is 4.98 Å². The zero-order valence-electron chi connectivity index (χ0n) is 8.50. The van der Waals surface area contributed by atoms with Crippen molar-refractivity contribution < 1.29 is 4.74 Å². The van der Waals surface area contributed by atoms with Crippen LogP contribution in [0.15, 0.2) is 12.1 Å². The van der Waals surface area contributed by atoms with Crippen LogP contribution in [-0.4, -0.2) is 11.6 Å². The molecule has 0 spiro atoms. The largest absolute Gasteiger partial charge is 0.479 e. The number of aromatic nitrogens is 1. The first kappa shape index (κ1) is 10.6. The van der Waals surface area contributed by atoms with Gasteiger partial charge in [-0.2, -0.15) is 0 Å². The second kappa shape index (κ2) is 5.25. The van der Waals surface area contributed by atoms with Crippen LogP contribution in [0.4, 0.5) is 0 Å². The third kappa shape index (κ3) is 2.75. The smallest absolute Gasteiger partial charge is 0.149 e. The summed E-state index contributed by atoms with van der Waals surface area (Å²) in [6.07, 6.45) is 0. The first-order chi connectivity index (χ1) is 6.77. The summed E-state index contributed by atoms with van der Waals surface area (Å²) in [6, 6.07) is 3.77. The highest BCUT2D eigenvalue weighted by molar-refractivity contribution is 5.29. The van der Waals surface area contributed by atoms with Crippen molar-refractivity contribution in [3.63, 3.8) is 0 Å². The monoisotopic (exact) mass is 190 g/mol. The molecule has 1 rings (SSSR count). The summed E-state index contributed by atoms with van der Waals surface area (Å²) in [5.41, 5.74) is 7.27. The predicted molar refractivity (Wildman–Crippen MR) is 55.8 cm³/mol. The molecule has 0 aliphatic rings. The van der Waals surface area contributed by atoms with E-state index in [9.17, 15) is 0 Å². The highest BCUT2D eigenvalue weighted by atomic mass is 16.5. The van der Waals surface area contributed by atoms with Crippen molar-refractivity contribution in [2.24, 2.45) is 5.73 Å². The van der Waals surface area contributed by atoms with Crippen LogP contribution in [0.1, 0.15) is 18.3 Å². The van der Waals surface area contributed by atoms with Crippen LogP contribution in [0.2, 0.25) is 0 Å². The van der Waals surface area contributed by atoms with E-state index < -0.39 is 0 Å². The lowest BCUT2D eigenvalue weighted by atomic mass is 10.3. The van der Waals surface area contributed by atoms with Crippen LogP contribution < -0.4 is 10.5 Å². The normalized spacial score (nSPS) is 9.07. The Morgan fingerprint density at radius 2 is 2.29 bits per heavy atom. The minimum atomic E-state index is 0.383. The van der Waals surface area contributed by atoms with Gasteiger partial charge in [0.05, 0.1) is 5.69 Å². The quantitative estimate of drug-likeness (QED) is 0.730. The molecule has 3 heteroatoms. The maximum absolute atomic E-state index is 5.55. The van der Waals surface area contributed by atoms with E-state index >= 15 is 0 Å². The summed E-state index contributed by atoms with van der Waals surface area (Å²) in [7, 11) is 0. The van der Waals surface area contributed by atoms with Crippen molar-refractivity contribution >= 4 is 0 Å². The number of rotatable bonds is 3. The number of nitrogens with zero attached hydrogens (tertiary/aromatic N) is 1. The molecule has 74 valence electrons. The van der Waals surface area contributed by atoms with Gasteiger partial charge in [0.1, 0.15) is 12.4 Å². The molecule has 1 heterocycles. The van der Waals surface area contributed by atoms with Gasteiger partial charge in [-0.1, -0.05) is 5.92 Å². The fraction of sp³-hybridized carbons (Fsp3) is 0.364. The Labute approximate surface area is 84.3 Å². The lowest BCUT2D eigenvalue weighted by Gasteiger charge is -2.07. The molecule has 2 N–H and O–H groups in total. The summed E-state index contributed by atoms with van der Waals surface area (Å²) in [4.78, 5) is 4.27. The summed E-state index contributed by atoms with van der Waals surface area (Å²) in [5.74, 6) is 6.31. The van der Waals surface area contributed by atoms with Crippen molar-refractivity contribution in [3.05, 3.63) is 23.5 Å². The highest BCUT2D eigenvalue weighted by Gasteiger charge is 2.02. The van der Waals surface area contributed by atoms with Crippen LogP contribution in [0.3, 0.4) is 0 Å². The molecular formula is C11H14N2O. The van der Waals surface area contributed by atoms with Crippen LogP contribution in [-0.2, 0) is 6.54 Å². The number of aryl methyl sites for hydroxylation is 1. The summed E-state index contributed by atoms with van der Waals surface area (Å²) < 4.78 is 5.41. The molecule has 0 aliphatic heterocycles. The topological polar surface area (TPSA) is 48.1 Å². The van der Waals surface area contributed by atoms with Gasteiger partial charge in [0.15, 0.2) is 0 Å². The summed E-state index contributed by atoms with van der Waals surface area (Å²) in [5, 5.41) is 0. The third-order valence-electron chi connectivity index (χ3n) is 1.74. The Balaban J connectivity index is 2.78. The van der Waals surface area contributed by atoms with Gasteiger partial charge in [0.25, 0.3) is 0 Å². The molecule has 0 aliphatic carbocycles. The van der Waals surface area contributed by atoms with Gasteiger partial charge in [-0.3, -0.25) is 4.98 Å². The Morgan fingerprint density at radius 3 is 2.93 bits per heavy atom. The average Bonchev–Trinajstić information content (AvgIpc) is 2.20. The fourth-order valence-corrected chi connectivity index (χ4v) is 1.06. The van der Waals surface area contributed by atoms with Crippen molar-refractivity contribution in [2.45, 2.75) is 20.4 Å². The standard InChI is InChI=1S/C11H14N2O/c1-3-4-7-14-11-6-5-9(2)13-10(11)8-12/h5-6H,7-8,12H2,1-2H3. The zero-order chi connectivity index (χ0) is 10.4. The Morgan fingerprint density at radius 1 is 1.50 bits per heavy atom. The van der Waals surface area contributed by atoms with Crippen molar-refractivity contribution in [3.8, 4) is 17.6 Å². The van der Waals surface area contributed by atoms with Gasteiger partial charge in [0.2, 0.25) is 0 Å². The molecular weight excluding hydrogens is 176 g/mol. The first-order valence-electron chi connectivity index (χ1n) is 4.47. The van der Waals surface area contributed by atoms with Crippen LogP contribution in [0, 0.1) is 18.8 Å². The SMILES string of the molecule is CC#CCOc1ccc(C)nc1CN. The average molecular weight is 190 g/mol. The molecule has 1 aromatic rings. The molecule has 14 heavy (non-hydrogen) atoms. The maximum Gasteiger partial charge on any atom is 0.149 e. The lowest BCUT2D eigenvalue weighted by molar-refractivity contribution is 0.363. The number of hydrogen-bond donors (Lipinski definition) is 1. The molecule has 0 atom stereocenters. The van der Waals surface area contributed by atoms with Gasteiger partial charge in [-0.05, 0) is 26.0 Å². The Bertz CT molecular complexity index is 363. The molecule has 0 saturated carbocycles. The van der Waals surface area contributed by atoms with Gasteiger partial charge in [0, 0.05) is 12.2 Å². The molecule has 0 fully saturated rings. The molecule has 0 saturated heterocycles. The van der Waals surface area contributed by atoms with E-state index in [0.717, 1.165) is 17.1 Å². The predicted octanol–water partition coefficient (Wildman–Crippen LogP) is 1.25. The number of ether oxygens (including phenoxy) is 1. The van der Waals surface area contributed by atoms with E-state index in [1.165, 1.54) is 0 Å². The van der Waals surface area contributed by atoms with Crippen LogP contribution in [0.25, 0.3) is 0 Å². The highest BCUT2D eigenvalue weighted by Crippen LogP contribution is 2.15. The van der Waals surface area contributed by atoms with E-state index in [4.69, 9.17) is 10.5 Å². The number of pyridine rings is 1. The van der Waals surface area contributed by atoms with Crippen LogP contribution in [0.5, 0.6) is 5.75 Å². The van der Waals surface area contributed by atoms with E-state index in [1.807, 2.05) is 19.1 Å². The van der Waals surface area contributed by atoms with Crippen molar-refractivity contribution in [1.29, 1.82) is 0 Å². The number of hydrogen-bond acceptors (Lipinski definition) is 3.